The van der Waals surface area contributed by atoms with Gasteiger partial charge in [-0.25, -0.2) is 5.43 Å². The number of amides is 1. The van der Waals surface area contributed by atoms with Crippen LogP contribution in [0.5, 0.6) is 0 Å². The predicted molar refractivity (Wildman–Crippen MR) is 71.9 cm³/mol. The molecule has 4 nitrogen and oxygen atoms in total. The quantitative estimate of drug-likeness (QED) is 0.363. The van der Waals surface area contributed by atoms with E-state index < -0.39 is 41.7 Å². The molecule has 0 spiro atoms. The predicted octanol–water partition coefficient (Wildman–Crippen LogP) is 4.21. The van der Waals surface area contributed by atoms with E-state index in [1.807, 2.05) is 0 Å². The Hall–Kier alpha value is -2.49. The van der Waals surface area contributed by atoms with Crippen molar-refractivity contribution in [2.75, 3.05) is 0 Å². The molecule has 1 N–H and O–H groups in total. The van der Waals surface area contributed by atoms with Gasteiger partial charge in [-0.15, -0.1) is 0 Å². The van der Waals surface area contributed by atoms with Crippen LogP contribution in [0, 0.1) is 0 Å². The molecule has 1 rings (SSSR count). The summed E-state index contributed by atoms with van der Waals surface area (Å²) in [4.78, 5) is 11.1. The van der Waals surface area contributed by atoms with Gasteiger partial charge in [0.2, 0.25) is 0 Å². The Balaban J connectivity index is 3.26. The Kier molecular flexibility index (Phi) is 6.24. The maximum absolute atomic E-state index is 13.5. The second kappa shape index (κ2) is 7.33. The molecule has 1 amide bonds. The monoisotopic (exact) mass is 469 g/mol. The minimum absolute atomic E-state index is 0.0204. The van der Waals surface area contributed by atoms with Crippen molar-refractivity contribution in [2.24, 2.45) is 12.1 Å². The van der Waals surface area contributed by atoms with Crippen molar-refractivity contribution in [3.8, 4) is 0 Å². The van der Waals surface area contributed by atoms with Gasteiger partial charge in [-0.05, 0) is 12.1 Å². The molecule has 0 aromatic carbocycles. The molecule has 0 atom stereocenters. The molecule has 0 aliphatic rings. The molecule has 0 aliphatic heterocycles. The zero-order valence-corrected chi connectivity index (χ0v) is 14.0. The Labute approximate surface area is 157 Å². The maximum Gasteiger partial charge on any atom is 0.460 e. The van der Waals surface area contributed by atoms with Crippen molar-refractivity contribution < 1.29 is 61.9 Å². The number of hydrogen-bond donors (Lipinski definition) is 1. The molecule has 172 valence electrons. The van der Waals surface area contributed by atoms with E-state index in [9.17, 15) is 61.9 Å². The van der Waals surface area contributed by atoms with Gasteiger partial charge in [-0.3, -0.25) is 4.79 Å². The van der Waals surface area contributed by atoms with E-state index in [4.69, 9.17) is 0 Å². The van der Waals surface area contributed by atoms with Crippen LogP contribution in [-0.4, -0.2) is 52.5 Å². The van der Waals surface area contributed by atoms with Crippen LogP contribution in [0.3, 0.4) is 0 Å². The maximum atomic E-state index is 13.5. The van der Waals surface area contributed by atoms with Gasteiger partial charge >= 0.3 is 41.7 Å². The minimum atomic E-state index is -8.07. The lowest BCUT2D eigenvalue weighted by Crippen LogP contribution is -2.71. The second-order valence-electron chi connectivity index (χ2n) is 5.61. The van der Waals surface area contributed by atoms with Crippen molar-refractivity contribution >= 4 is 12.1 Å². The highest BCUT2D eigenvalue weighted by atomic mass is 19.4. The van der Waals surface area contributed by atoms with E-state index in [0.29, 0.717) is 11.6 Å². The highest BCUT2D eigenvalue weighted by Crippen LogP contribution is 2.60. The summed E-state index contributed by atoms with van der Waals surface area (Å²) in [7, 11) is 1.34. The number of carbonyl (C=O) groups excluding carboxylic acids is 1. The molecule has 0 aliphatic carbocycles. The van der Waals surface area contributed by atoms with Crippen molar-refractivity contribution in [1.82, 2.24) is 9.99 Å². The third-order valence-electron chi connectivity index (χ3n) is 3.57. The number of hydrogen-bond acceptors (Lipinski definition) is 2. The average molecular weight is 469 g/mol. The zero-order chi connectivity index (χ0) is 24.0. The molecule has 0 saturated carbocycles. The van der Waals surface area contributed by atoms with E-state index in [1.165, 1.54) is 29.9 Å². The number of aromatic nitrogens is 1. The first-order chi connectivity index (χ1) is 13.2. The summed E-state index contributed by atoms with van der Waals surface area (Å²) < 4.78 is 169. The highest BCUT2D eigenvalue weighted by Gasteiger charge is 2.91. The molecule has 17 heteroatoms. The number of halogens is 13. The Morgan fingerprint density at radius 1 is 0.867 bits per heavy atom. The van der Waals surface area contributed by atoms with Gasteiger partial charge in [0.25, 0.3) is 0 Å². The summed E-state index contributed by atoms with van der Waals surface area (Å²) in [5, 5.41) is 2.67. The average Bonchev–Trinajstić information content (AvgIpc) is 2.98. The summed E-state index contributed by atoms with van der Waals surface area (Å²) in [5.74, 6) is -42.1. The summed E-state index contributed by atoms with van der Waals surface area (Å²) in [6, 6.07) is 2.56. The topological polar surface area (TPSA) is 46.4 Å². The molecule has 0 saturated heterocycles. The number of nitrogens with one attached hydrogen (secondary N) is 1. The number of hydrazone groups is 1. The fourth-order valence-electron chi connectivity index (χ4n) is 1.75. The van der Waals surface area contributed by atoms with Crippen LogP contribution in [-0.2, 0) is 11.8 Å². The molecule has 1 aromatic rings. The molecule has 1 heterocycles. The van der Waals surface area contributed by atoms with Crippen LogP contribution < -0.4 is 5.43 Å². The third kappa shape index (κ3) is 3.68. The fourth-order valence-corrected chi connectivity index (χ4v) is 1.75. The van der Waals surface area contributed by atoms with Gasteiger partial charge in [0.15, 0.2) is 0 Å². The van der Waals surface area contributed by atoms with Gasteiger partial charge in [-0.1, -0.05) is 0 Å². The van der Waals surface area contributed by atoms with Gasteiger partial charge < -0.3 is 4.57 Å². The van der Waals surface area contributed by atoms with E-state index >= 15 is 0 Å². The molecule has 0 radical (unpaired) electrons. The van der Waals surface area contributed by atoms with E-state index in [1.54, 1.807) is 0 Å². The van der Waals surface area contributed by atoms with Crippen molar-refractivity contribution in [1.29, 1.82) is 0 Å². The Bertz CT molecular complexity index is 809. The lowest BCUT2D eigenvalue weighted by molar-refractivity contribution is -0.436. The van der Waals surface area contributed by atoms with Gasteiger partial charge in [0.1, 0.15) is 0 Å². The third-order valence-corrected chi connectivity index (χ3v) is 3.57. The summed E-state index contributed by atoms with van der Waals surface area (Å²) in [5.41, 5.74) is 0.607. The second-order valence-corrected chi connectivity index (χ2v) is 5.61. The van der Waals surface area contributed by atoms with Crippen LogP contribution >= 0.6 is 0 Å². The van der Waals surface area contributed by atoms with Gasteiger partial charge in [-0.2, -0.15) is 62.2 Å². The van der Waals surface area contributed by atoms with Crippen molar-refractivity contribution in [2.45, 2.75) is 35.8 Å². The molecule has 0 fully saturated rings. The van der Waals surface area contributed by atoms with Crippen molar-refractivity contribution in [3.05, 3.63) is 24.0 Å². The lowest BCUT2D eigenvalue weighted by Gasteiger charge is -2.38. The van der Waals surface area contributed by atoms with Crippen LogP contribution in [0.1, 0.15) is 5.69 Å². The minimum Gasteiger partial charge on any atom is -0.350 e. The molecular weight excluding hydrogens is 461 g/mol. The van der Waals surface area contributed by atoms with E-state index in [2.05, 4.69) is 5.10 Å². The van der Waals surface area contributed by atoms with E-state index in [-0.39, 0.29) is 5.69 Å². The van der Waals surface area contributed by atoms with Gasteiger partial charge in [0.05, 0.1) is 11.9 Å². The number of carbonyl (C=O) groups is 1. The molecule has 30 heavy (non-hydrogen) atoms. The van der Waals surface area contributed by atoms with Crippen LogP contribution in [0.4, 0.5) is 57.1 Å². The van der Waals surface area contributed by atoms with Gasteiger partial charge in [0, 0.05) is 13.2 Å². The smallest absolute Gasteiger partial charge is 0.350 e. The molecule has 1 aromatic heterocycles. The first-order valence-corrected chi connectivity index (χ1v) is 7.07. The first-order valence-electron chi connectivity index (χ1n) is 7.07. The molecule has 0 unspecified atom stereocenters. The summed E-state index contributed by atoms with van der Waals surface area (Å²) in [6.07, 6.45) is -5.67. The number of nitrogens with zero attached hydrogens (tertiary/aromatic N) is 2. The number of aryl methyl sites for hydroxylation is 1. The lowest BCUT2D eigenvalue weighted by atomic mass is 9.93. The Morgan fingerprint density at radius 2 is 1.33 bits per heavy atom. The van der Waals surface area contributed by atoms with Crippen LogP contribution in [0.15, 0.2) is 23.4 Å². The summed E-state index contributed by atoms with van der Waals surface area (Å²) >= 11 is 0. The largest absolute Gasteiger partial charge is 0.460 e. The SMILES string of the molecule is Cn1cccc1/C=N/NC(=O)C(F)(F)C(F)(F)C(F)(F)C(F)(F)C(F)(F)C(F)(F)F. The number of alkyl halides is 13. The molecule has 0 bridgehead atoms. The fraction of sp³-hybridized carbons (Fsp3) is 0.538. The first kappa shape index (κ1) is 25.5. The normalized spacial score (nSPS) is 15.0. The summed E-state index contributed by atoms with van der Waals surface area (Å²) in [6.45, 7) is 0. The van der Waals surface area contributed by atoms with E-state index in [0.717, 1.165) is 0 Å². The number of rotatable bonds is 7. The Morgan fingerprint density at radius 3 is 1.73 bits per heavy atom. The van der Waals surface area contributed by atoms with Crippen molar-refractivity contribution in [3.63, 3.8) is 0 Å². The highest BCUT2D eigenvalue weighted by molar-refractivity contribution is 5.86. The van der Waals surface area contributed by atoms with Crippen LogP contribution in [0.25, 0.3) is 0 Å². The van der Waals surface area contributed by atoms with Crippen LogP contribution in [0.2, 0.25) is 0 Å². The molecular formula is C13H8F13N3O. The zero-order valence-electron chi connectivity index (χ0n) is 14.0. The standard InChI is InChI=1S/C13H8F13N3O/c1-29-4-2-3-6(29)5-27-28-7(30)8(14,15)9(16,17)10(18,19)11(20,21)12(22,23)13(24,25)26/h2-5H,1H3,(H,28,30)/b27-5+.